The fourth-order valence-corrected chi connectivity index (χ4v) is 4.09. The lowest BCUT2D eigenvalue weighted by Gasteiger charge is -2.38. The van der Waals surface area contributed by atoms with Crippen LogP contribution in [0.2, 0.25) is 0 Å². The Labute approximate surface area is 193 Å². The molecule has 1 unspecified atom stereocenters. The van der Waals surface area contributed by atoms with Gasteiger partial charge in [0.05, 0.1) is 44.7 Å². The van der Waals surface area contributed by atoms with Crippen LogP contribution in [-0.2, 0) is 9.53 Å². The number of nitrogens with zero attached hydrogens (tertiary/aromatic N) is 1. The van der Waals surface area contributed by atoms with Crippen LogP contribution < -0.4 is 24.4 Å². The highest BCUT2D eigenvalue weighted by Gasteiger charge is 2.38. The summed E-state index contributed by atoms with van der Waals surface area (Å²) in [6.45, 7) is 5.70. The van der Waals surface area contributed by atoms with Gasteiger partial charge in [-0.2, -0.15) is 0 Å². The fourth-order valence-electron chi connectivity index (χ4n) is 3.74. The van der Waals surface area contributed by atoms with E-state index in [0.29, 0.717) is 39.3 Å². The molecule has 0 bridgehead atoms. The fraction of sp³-hybridized carbons (Fsp3) is 0.333. The van der Waals surface area contributed by atoms with Crippen LogP contribution in [0.1, 0.15) is 32.4 Å². The topological polar surface area (TPSA) is 69.3 Å². The molecular formula is C24H28N2O5S. The quantitative estimate of drug-likeness (QED) is 0.487. The van der Waals surface area contributed by atoms with Gasteiger partial charge in [0.15, 0.2) is 16.6 Å². The Balaban J connectivity index is 2.23. The molecule has 0 amide bonds. The zero-order chi connectivity index (χ0) is 23.4. The number of hydrogen-bond acceptors (Lipinski definition) is 6. The number of allylic oxidation sites excluding steroid dienone is 1. The number of carbonyl (C=O) groups is 1. The molecule has 0 saturated carbocycles. The summed E-state index contributed by atoms with van der Waals surface area (Å²) in [6.07, 6.45) is -0.0997. The minimum atomic E-state index is -0.593. The molecule has 1 heterocycles. The Morgan fingerprint density at radius 3 is 2.31 bits per heavy atom. The number of benzene rings is 2. The average Bonchev–Trinajstić information content (AvgIpc) is 2.78. The molecule has 1 aliphatic heterocycles. The van der Waals surface area contributed by atoms with E-state index in [1.165, 1.54) is 7.11 Å². The van der Waals surface area contributed by atoms with Gasteiger partial charge >= 0.3 is 5.97 Å². The number of ether oxygens (including phenoxy) is 4. The molecule has 3 rings (SSSR count). The third kappa shape index (κ3) is 4.36. The van der Waals surface area contributed by atoms with Gasteiger partial charge in [-0.25, -0.2) is 4.79 Å². The monoisotopic (exact) mass is 456 g/mol. The van der Waals surface area contributed by atoms with Crippen molar-refractivity contribution in [1.29, 1.82) is 0 Å². The van der Waals surface area contributed by atoms with Crippen molar-refractivity contribution >= 4 is 29.0 Å². The molecule has 0 radical (unpaired) electrons. The SMILES string of the molecule is COC(=O)C1=C(C)N(c2ccccc2OC)C(=S)NC1c1cccc(OC)c1OC(C)C. The standard InChI is InChI=1S/C24H28N2O5S/c1-14(2)31-22-16(10-9-13-19(22)29-5)21-20(23(27)30-6)15(3)26(24(32)25-21)17-11-7-8-12-18(17)28-4/h7-14,21H,1-6H3,(H,25,32). The van der Waals surface area contributed by atoms with Crippen molar-refractivity contribution in [3.63, 3.8) is 0 Å². The van der Waals surface area contributed by atoms with Crippen LogP contribution in [0.4, 0.5) is 5.69 Å². The van der Waals surface area contributed by atoms with E-state index in [0.717, 1.165) is 5.56 Å². The molecule has 1 aliphatic rings. The van der Waals surface area contributed by atoms with Gasteiger partial charge in [-0.1, -0.05) is 24.3 Å². The Hall–Kier alpha value is -3.26. The summed E-state index contributed by atoms with van der Waals surface area (Å²) in [5.41, 5.74) is 2.48. The Morgan fingerprint density at radius 2 is 1.69 bits per heavy atom. The highest BCUT2D eigenvalue weighted by Crippen LogP contribution is 2.43. The van der Waals surface area contributed by atoms with Gasteiger partial charge in [-0.15, -0.1) is 0 Å². The number of para-hydroxylation sites is 3. The van der Waals surface area contributed by atoms with Crippen molar-refractivity contribution in [3.05, 3.63) is 59.3 Å². The number of methoxy groups -OCH3 is 3. The van der Waals surface area contributed by atoms with E-state index in [1.807, 2.05) is 63.2 Å². The molecule has 0 spiro atoms. The Bertz CT molecular complexity index is 1050. The van der Waals surface area contributed by atoms with E-state index in [9.17, 15) is 4.79 Å². The maximum absolute atomic E-state index is 13.0. The van der Waals surface area contributed by atoms with Gasteiger partial charge in [0.25, 0.3) is 0 Å². The van der Waals surface area contributed by atoms with Crippen molar-refractivity contribution in [2.75, 3.05) is 26.2 Å². The molecule has 7 nitrogen and oxygen atoms in total. The molecule has 2 aromatic rings. The molecule has 0 aliphatic carbocycles. The van der Waals surface area contributed by atoms with E-state index in [1.54, 1.807) is 19.1 Å². The predicted octanol–water partition coefficient (Wildman–Crippen LogP) is 4.37. The first-order valence-electron chi connectivity index (χ1n) is 10.2. The second-order valence-corrected chi connectivity index (χ2v) is 7.81. The first-order chi connectivity index (χ1) is 15.3. The average molecular weight is 457 g/mol. The van der Waals surface area contributed by atoms with E-state index in [2.05, 4.69) is 5.32 Å². The van der Waals surface area contributed by atoms with Gasteiger partial charge in [0.1, 0.15) is 5.75 Å². The molecule has 0 fully saturated rings. The number of rotatable bonds is 7. The number of anilines is 1. The zero-order valence-electron chi connectivity index (χ0n) is 19.1. The molecular weight excluding hydrogens is 428 g/mol. The summed E-state index contributed by atoms with van der Waals surface area (Å²) in [7, 11) is 4.53. The molecule has 0 saturated heterocycles. The zero-order valence-corrected chi connectivity index (χ0v) is 19.9. The van der Waals surface area contributed by atoms with Crippen molar-refractivity contribution in [2.24, 2.45) is 0 Å². The largest absolute Gasteiger partial charge is 0.495 e. The summed E-state index contributed by atoms with van der Waals surface area (Å²) in [5, 5.41) is 3.72. The number of esters is 1. The number of thiocarbonyl (C=S) groups is 1. The summed E-state index contributed by atoms with van der Waals surface area (Å²) in [4.78, 5) is 14.8. The summed E-state index contributed by atoms with van der Waals surface area (Å²) >= 11 is 5.74. The van der Waals surface area contributed by atoms with Crippen molar-refractivity contribution in [1.82, 2.24) is 5.32 Å². The second-order valence-electron chi connectivity index (χ2n) is 7.43. The number of hydrogen-bond donors (Lipinski definition) is 1. The van der Waals surface area contributed by atoms with Gasteiger partial charge in [-0.05, 0) is 51.2 Å². The molecule has 8 heteroatoms. The minimum Gasteiger partial charge on any atom is -0.495 e. The van der Waals surface area contributed by atoms with Crippen molar-refractivity contribution in [3.8, 4) is 17.2 Å². The van der Waals surface area contributed by atoms with Crippen LogP contribution in [-0.4, -0.2) is 38.5 Å². The lowest BCUT2D eigenvalue weighted by molar-refractivity contribution is -0.136. The van der Waals surface area contributed by atoms with E-state index < -0.39 is 12.0 Å². The Morgan fingerprint density at radius 1 is 1.03 bits per heavy atom. The lowest BCUT2D eigenvalue weighted by Crippen LogP contribution is -2.48. The summed E-state index contributed by atoms with van der Waals surface area (Å²) in [5.74, 6) is 1.27. The molecule has 32 heavy (non-hydrogen) atoms. The van der Waals surface area contributed by atoms with Gasteiger partial charge in [-0.3, -0.25) is 4.90 Å². The van der Waals surface area contributed by atoms with Crippen molar-refractivity contribution < 1.29 is 23.7 Å². The van der Waals surface area contributed by atoms with Gasteiger partial charge < -0.3 is 24.3 Å². The molecule has 170 valence electrons. The van der Waals surface area contributed by atoms with E-state index >= 15 is 0 Å². The highest BCUT2D eigenvalue weighted by molar-refractivity contribution is 7.80. The van der Waals surface area contributed by atoms with Crippen LogP contribution in [0.5, 0.6) is 17.2 Å². The normalized spacial score (nSPS) is 16.0. The van der Waals surface area contributed by atoms with Crippen LogP contribution >= 0.6 is 12.2 Å². The smallest absolute Gasteiger partial charge is 0.337 e. The molecule has 2 aromatic carbocycles. The molecule has 0 aromatic heterocycles. The Kier molecular flexibility index (Phi) is 7.25. The third-order valence-corrected chi connectivity index (χ3v) is 5.41. The highest BCUT2D eigenvalue weighted by atomic mass is 32.1. The molecule has 1 atom stereocenters. The summed E-state index contributed by atoms with van der Waals surface area (Å²) in [6, 6.07) is 12.4. The maximum Gasteiger partial charge on any atom is 0.337 e. The molecule has 1 N–H and O–H groups in total. The van der Waals surface area contributed by atoms with Crippen molar-refractivity contribution in [2.45, 2.75) is 32.9 Å². The third-order valence-electron chi connectivity index (χ3n) is 5.11. The second kappa shape index (κ2) is 9.91. The number of carbonyl (C=O) groups excluding carboxylic acids is 1. The minimum absolute atomic E-state index is 0.0997. The first-order valence-corrected chi connectivity index (χ1v) is 10.6. The number of nitrogens with one attached hydrogen (secondary N) is 1. The predicted molar refractivity (Wildman–Crippen MR) is 127 cm³/mol. The van der Waals surface area contributed by atoms with Crippen LogP contribution in [0.3, 0.4) is 0 Å². The van der Waals surface area contributed by atoms with Crippen LogP contribution in [0.25, 0.3) is 0 Å². The maximum atomic E-state index is 13.0. The summed E-state index contributed by atoms with van der Waals surface area (Å²) < 4.78 is 22.3. The first kappa shape index (κ1) is 23.4. The van der Waals surface area contributed by atoms with E-state index in [4.69, 9.17) is 31.2 Å². The van der Waals surface area contributed by atoms with Crippen LogP contribution in [0.15, 0.2) is 53.7 Å². The van der Waals surface area contributed by atoms with E-state index in [-0.39, 0.29) is 6.10 Å². The lowest BCUT2D eigenvalue weighted by atomic mass is 9.93. The van der Waals surface area contributed by atoms with Gasteiger partial charge in [0.2, 0.25) is 0 Å². The van der Waals surface area contributed by atoms with Gasteiger partial charge in [0, 0.05) is 11.3 Å². The van der Waals surface area contributed by atoms with Crippen LogP contribution in [0, 0.1) is 0 Å².